The number of pyridine rings is 1. The standard InChI is InChI=1S/C16H15Cl2NO/c1-10(2)12-5-3-11(4-6-12)7-15(20)16-14(18)8-13(17)9-19-16/h3-6,8-10H,7H2,1-2H3. The minimum Gasteiger partial charge on any atom is -0.292 e. The molecule has 0 bridgehead atoms. The first-order valence-corrected chi connectivity index (χ1v) is 7.16. The number of carbonyl (C=O) groups excluding carboxylic acids is 1. The van der Waals surface area contributed by atoms with Crippen LogP contribution in [0.25, 0.3) is 0 Å². The molecule has 0 saturated heterocycles. The fourth-order valence-electron chi connectivity index (χ4n) is 1.91. The third-order valence-corrected chi connectivity index (χ3v) is 3.58. The molecule has 0 amide bonds. The van der Waals surface area contributed by atoms with Crippen molar-refractivity contribution in [2.24, 2.45) is 0 Å². The van der Waals surface area contributed by atoms with E-state index in [0.29, 0.717) is 16.0 Å². The van der Waals surface area contributed by atoms with E-state index in [1.807, 2.05) is 24.3 Å². The lowest BCUT2D eigenvalue weighted by Crippen LogP contribution is -2.07. The second kappa shape index (κ2) is 6.38. The van der Waals surface area contributed by atoms with E-state index < -0.39 is 0 Å². The Bertz CT molecular complexity index is 621. The number of nitrogens with zero attached hydrogens (tertiary/aromatic N) is 1. The lowest BCUT2D eigenvalue weighted by atomic mass is 9.99. The van der Waals surface area contributed by atoms with E-state index in [1.54, 1.807) is 0 Å². The van der Waals surface area contributed by atoms with E-state index >= 15 is 0 Å². The van der Waals surface area contributed by atoms with Crippen molar-refractivity contribution < 1.29 is 4.79 Å². The Balaban J connectivity index is 2.15. The van der Waals surface area contributed by atoms with Crippen LogP contribution in [-0.2, 0) is 6.42 Å². The van der Waals surface area contributed by atoms with Gasteiger partial charge in [0.05, 0.1) is 10.0 Å². The Morgan fingerprint density at radius 1 is 1.20 bits per heavy atom. The summed E-state index contributed by atoms with van der Waals surface area (Å²) in [7, 11) is 0. The summed E-state index contributed by atoms with van der Waals surface area (Å²) in [4.78, 5) is 16.2. The topological polar surface area (TPSA) is 30.0 Å². The molecule has 0 aliphatic rings. The van der Waals surface area contributed by atoms with Crippen molar-refractivity contribution in [3.63, 3.8) is 0 Å². The van der Waals surface area contributed by atoms with Crippen LogP contribution in [0.2, 0.25) is 10.0 Å². The Hall–Kier alpha value is -1.38. The largest absolute Gasteiger partial charge is 0.292 e. The van der Waals surface area contributed by atoms with Crippen molar-refractivity contribution in [1.29, 1.82) is 0 Å². The summed E-state index contributed by atoms with van der Waals surface area (Å²) < 4.78 is 0. The SMILES string of the molecule is CC(C)c1ccc(CC(=O)c2ncc(Cl)cc2Cl)cc1. The van der Waals surface area contributed by atoms with Crippen LogP contribution in [0.1, 0.15) is 41.4 Å². The molecule has 0 spiro atoms. The highest BCUT2D eigenvalue weighted by molar-refractivity contribution is 6.36. The van der Waals surface area contributed by atoms with Crippen molar-refractivity contribution in [3.05, 3.63) is 63.4 Å². The van der Waals surface area contributed by atoms with E-state index in [-0.39, 0.29) is 17.9 Å². The van der Waals surface area contributed by atoms with Crippen molar-refractivity contribution in [2.45, 2.75) is 26.2 Å². The molecular weight excluding hydrogens is 293 g/mol. The molecule has 0 unspecified atom stereocenters. The fraction of sp³-hybridized carbons (Fsp3) is 0.250. The zero-order valence-electron chi connectivity index (χ0n) is 11.4. The van der Waals surface area contributed by atoms with Gasteiger partial charge < -0.3 is 0 Å². The van der Waals surface area contributed by atoms with Crippen LogP contribution in [0.4, 0.5) is 0 Å². The molecule has 0 aliphatic heterocycles. The average Bonchev–Trinajstić information content (AvgIpc) is 2.39. The van der Waals surface area contributed by atoms with E-state index in [0.717, 1.165) is 5.56 Å². The molecule has 0 fully saturated rings. The molecule has 1 heterocycles. The second-order valence-electron chi connectivity index (χ2n) is 4.98. The maximum Gasteiger partial charge on any atom is 0.187 e. The van der Waals surface area contributed by atoms with Gasteiger partial charge in [0.2, 0.25) is 0 Å². The van der Waals surface area contributed by atoms with Crippen molar-refractivity contribution in [2.75, 3.05) is 0 Å². The molecule has 0 N–H and O–H groups in total. The number of Topliss-reactive ketones (excluding diaryl/α,β-unsaturated/α-hetero) is 1. The van der Waals surface area contributed by atoms with Gasteiger partial charge in [0.15, 0.2) is 5.78 Å². The molecular formula is C16H15Cl2NO. The van der Waals surface area contributed by atoms with E-state index in [4.69, 9.17) is 23.2 Å². The van der Waals surface area contributed by atoms with Crippen LogP contribution in [0.15, 0.2) is 36.5 Å². The Labute approximate surface area is 128 Å². The number of ketones is 1. The van der Waals surface area contributed by atoms with Crippen LogP contribution in [-0.4, -0.2) is 10.8 Å². The van der Waals surface area contributed by atoms with Gasteiger partial charge in [0.25, 0.3) is 0 Å². The predicted molar refractivity (Wildman–Crippen MR) is 82.8 cm³/mol. The third kappa shape index (κ3) is 3.59. The highest BCUT2D eigenvalue weighted by Gasteiger charge is 2.13. The summed E-state index contributed by atoms with van der Waals surface area (Å²) in [6.07, 6.45) is 1.72. The maximum atomic E-state index is 12.2. The summed E-state index contributed by atoms with van der Waals surface area (Å²) in [6.45, 7) is 4.27. The smallest absolute Gasteiger partial charge is 0.187 e. The van der Waals surface area contributed by atoms with Gasteiger partial charge in [0, 0.05) is 12.6 Å². The molecule has 2 rings (SSSR count). The quantitative estimate of drug-likeness (QED) is 0.749. The summed E-state index contributed by atoms with van der Waals surface area (Å²) >= 11 is 11.8. The van der Waals surface area contributed by atoms with Crippen LogP contribution in [0.3, 0.4) is 0 Å². The molecule has 0 aliphatic carbocycles. The van der Waals surface area contributed by atoms with Gasteiger partial charge in [-0.1, -0.05) is 61.3 Å². The van der Waals surface area contributed by atoms with Gasteiger partial charge in [-0.15, -0.1) is 0 Å². The van der Waals surface area contributed by atoms with Gasteiger partial charge in [-0.25, -0.2) is 4.98 Å². The summed E-state index contributed by atoms with van der Waals surface area (Å²) in [5.41, 5.74) is 2.47. The molecule has 104 valence electrons. The maximum absolute atomic E-state index is 12.2. The normalized spacial score (nSPS) is 10.8. The zero-order chi connectivity index (χ0) is 14.7. The van der Waals surface area contributed by atoms with Crippen LogP contribution < -0.4 is 0 Å². The summed E-state index contributed by atoms with van der Waals surface area (Å²) in [6, 6.07) is 9.56. The first kappa shape index (κ1) is 15.0. The molecule has 4 heteroatoms. The molecule has 0 atom stereocenters. The minimum atomic E-state index is -0.107. The minimum absolute atomic E-state index is 0.107. The van der Waals surface area contributed by atoms with Gasteiger partial charge in [-0.2, -0.15) is 0 Å². The molecule has 2 nitrogen and oxygen atoms in total. The average molecular weight is 308 g/mol. The third-order valence-electron chi connectivity index (χ3n) is 3.08. The molecule has 2 aromatic rings. The van der Waals surface area contributed by atoms with Crippen LogP contribution >= 0.6 is 23.2 Å². The number of halogens is 2. The Morgan fingerprint density at radius 3 is 2.40 bits per heavy atom. The highest BCUT2D eigenvalue weighted by Crippen LogP contribution is 2.21. The van der Waals surface area contributed by atoms with Crippen LogP contribution in [0.5, 0.6) is 0 Å². The van der Waals surface area contributed by atoms with E-state index in [2.05, 4.69) is 18.8 Å². The van der Waals surface area contributed by atoms with Gasteiger partial charge in [0.1, 0.15) is 5.69 Å². The number of carbonyl (C=O) groups is 1. The highest BCUT2D eigenvalue weighted by atomic mass is 35.5. The van der Waals surface area contributed by atoms with Gasteiger partial charge in [-0.05, 0) is 23.1 Å². The van der Waals surface area contributed by atoms with Crippen LogP contribution in [0, 0.1) is 0 Å². The molecule has 20 heavy (non-hydrogen) atoms. The molecule has 0 saturated carbocycles. The molecule has 1 aromatic carbocycles. The Kier molecular flexibility index (Phi) is 4.79. The molecule has 1 aromatic heterocycles. The number of hydrogen-bond donors (Lipinski definition) is 0. The predicted octanol–water partition coefficient (Wildman–Crippen LogP) is 4.94. The van der Waals surface area contributed by atoms with Crippen molar-refractivity contribution >= 4 is 29.0 Å². The van der Waals surface area contributed by atoms with Crippen molar-refractivity contribution in [3.8, 4) is 0 Å². The second-order valence-corrected chi connectivity index (χ2v) is 5.82. The summed E-state index contributed by atoms with van der Waals surface area (Å²) in [5.74, 6) is 0.371. The molecule has 0 radical (unpaired) electrons. The lowest BCUT2D eigenvalue weighted by Gasteiger charge is -2.07. The van der Waals surface area contributed by atoms with Gasteiger partial charge in [-0.3, -0.25) is 4.79 Å². The number of rotatable bonds is 4. The zero-order valence-corrected chi connectivity index (χ0v) is 12.9. The fourth-order valence-corrected chi connectivity index (χ4v) is 2.39. The number of benzene rings is 1. The van der Waals surface area contributed by atoms with E-state index in [9.17, 15) is 4.79 Å². The number of hydrogen-bond acceptors (Lipinski definition) is 2. The number of aromatic nitrogens is 1. The Morgan fingerprint density at radius 2 is 1.85 bits per heavy atom. The first-order valence-electron chi connectivity index (χ1n) is 6.40. The first-order chi connectivity index (χ1) is 9.47. The monoisotopic (exact) mass is 307 g/mol. The van der Waals surface area contributed by atoms with Crippen molar-refractivity contribution in [1.82, 2.24) is 4.98 Å². The van der Waals surface area contributed by atoms with Gasteiger partial charge >= 0.3 is 0 Å². The van der Waals surface area contributed by atoms with E-state index in [1.165, 1.54) is 17.8 Å². The summed E-state index contributed by atoms with van der Waals surface area (Å²) in [5, 5.41) is 0.717. The lowest BCUT2D eigenvalue weighted by molar-refractivity contribution is 0.0988.